The Kier molecular flexibility index (Phi) is 9.13. The first-order valence-electron chi connectivity index (χ1n) is 9.04. The van der Waals surface area contributed by atoms with Gasteiger partial charge >= 0.3 is 0 Å². The van der Waals surface area contributed by atoms with Gasteiger partial charge in [0.2, 0.25) is 6.29 Å². The van der Waals surface area contributed by atoms with Gasteiger partial charge in [0.25, 0.3) is 0 Å². The van der Waals surface area contributed by atoms with Crippen molar-refractivity contribution in [1.29, 1.82) is 0 Å². The van der Waals surface area contributed by atoms with Crippen LogP contribution in [0.25, 0.3) is 0 Å². The van der Waals surface area contributed by atoms with Crippen molar-refractivity contribution >= 4 is 13.5 Å². The first-order chi connectivity index (χ1) is 11.0. The Morgan fingerprint density at radius 3 is 2.17 bits per heavy atom. The maximum Gasteiger partial charge on any atom is 0.217 e. The van der Waals surface area contributed by atoms with Gasteiger partial charge in [0.05, 0.1) is 5.38 Å². The van der Waals surface area contributed by atoms with Crippen LogP contribution in [-0.4, -0.2) is 45.8 Å². The van der Waals surface area contributed by atoms with Gasteiger partial charge < -0.3 is 18.8 Å². The Hall–Kier alpha value is -0.623. The lowest BCUT2D eigenvalue weighted by atomic mass is 10.4. The third-order valence-electron chi connectivity index (χ3n) is 4.33. The molecule has 134 valence electrons. The molecule has 0 atom stereocenters. The van der Waals surface area contributed by atoms with Gasteiger partial charge in [0, 0.05) is 13.2 Å². The lowest BCUT2D eigenvalue weighted by molar-refractivity contribution is -0.150. The van der Waals surface area contributed by atoms with Crippen LogP contribution in [0.5, 0.6) is 0 Å². The Morgan fingerprint density at radius 2 is 1.65 bits per heavy atom. The zero-order valence-electron chi connectivity index (χ0n) is 15.9. The van der Waals surface area contributed by atoms with Gasteiger partial charge in [0.15, 0.2) is 5.76 Å². The van der Waals surface area contributed by atoms with Gasteiger partial charge in [-0.2, -0.15) is 0 Å². The topological polar surface area (TPSA) is 34.8 Å². The second kappa shape index (κ2) is 10.3. The molecular weight excluding hydrogens is 306 g/mol. The lowest BCUT2D eigenvalue weighted by Gasteiger charge is -2.23. The summed E-state index contributed by atoms with van der Waals surface area (Å²) >= 11 is 0. The fourth-order valence-electron chi connectivity index (χ4n) is 2.77. The van der Waals surface area contributed by atoms with E-state index < -0.39 is 8.07 Å². The molecule has 0 bridgehead atoms. The highest BCUT2D eigenvalue weighted by Gasteiger charge is 2.28. The molecule has 0 saturated heterocycles. The quantitative estimate of drug-likeness (QED) is 0.425. The molecule has 0 aromatic carbocycles. The number of hydrogen-bond donors (Lipinski definition) is 0. The van der Waals surface area contributed by atoms with Crippen molar-refractivity contribution in [2.45, 2.75) is 59.5 Å². The summed E-state index contributed by atoms with van der Waals surface area (Å²) in [5, 5.41) is 1.15. The molecule has 0 aliphatic rings. The van der Waals surface area contributed by atoms with Gasteiger partial charge in [-0.1, -0.05) is 26.9 Å². The van der Waals surface area contributed by atoms with Crippen molar-refractivity contribution in [3.63, 3.8) is 0 Å². The van der Waals surface area contributed by atoms with Crippen molar-refractivity contribution in [2.24, 2.45) is 0 Å². The maximum atomic E-state index is 6.12. The van der Waals surface area contributed by atoms with Gasteiger partial charge in [-0.25, -0.2) is 0 Å². The summed E-state index contributed by atoms with van der Waals surface area (Å²) in [5.74, 6) is 0.799. The van der Waals surface area contributed by atoms with Gasteiger partial charge in [-0.15, -0.1) is 0 Å². The van der Waals surface area contributed by atoms with E-state index in [1.54, 1.807) is 0 Å². The van der Waals surface area contributed by atoms with Gasteiger partial charge in [-0.3, -0.25) is 0 Å². The molecular formula is C18H35NO3Si. The molecule has 1 aromatic heterocycles. The average Bonchev–Trinajstić information content (AvgIpc) is 3.02. The van der Waals surface area contributed by atoms with Crippen molar-refractivity contribution in [3.8, 4) is 0 Å². The highest BCUT2D eigenvalue weighted by Crippen LogP contribution is 2.21. The molecule has 0 spiro atoms. The largest absolute Gasteiger partial charge is 0.466 e. The van der Waals surface area contributed by atoms with Crippen LogP contribution < -0.4 is 5.38 Å². The molecule has 0 saturated carbocycles. The van der Waals surface area contributed by atoms with E-state index in [2.05, 4.69) is 37.9 Å². The second-order valence-electron chi connectivity index (χ2n) is 6.46. The Labute approximate surface area is 143 Å². The molecule has 4 nitrogen and oxygen atoms in total. The number of hydrogen-bond acceptors (Lipinski definition) is 4. The molecule has 5 heteroatoms. The standard InChI is InChI=1S/C18H35NO3Si/c1-7-19(8-2)14-11-15-23(5,6)17-13-12-16(22-17)18(20-9-3)21-10-4/h12-13,18H,7-11,14-15H2,1-6H3. The van der Waals surface area contributed by atoms with E-state index in [1.165, 1.54) is 19.0 Å². The van der Waals surface area contributed by atoms with Gasteiger partial charge in [-0.05, 0) is 58.1 Å². The van der Waals surface area contributed by atoms with Crippen LogP contribution in [0.2, 0.25) is 19.1 Å². The van der Waals surface area contributed by atoms with Gasteiger partial charge in [0.1, 0.15) is 8.07 Å². The van der Waals surface area contributed by atoms with Crippen LogP contribution in [0.15, 0.2) is 16.5 Å². The molecule has 23 heavy (non-hydrogen) atoms. The number of nitrogens with zero attached hydrogens (tertiary/aromatic N) is 1. The summed E-state index contributed by atoms with van der Waals surface area (Å²) in [6.07, 6.45) is 0.858. The Bertz CT molecular complexity index is 424. The number of rotatable bonds is 12. The molecule has 1 heterocycles. The predicted molar refractivity (Wildman–Crippen MR) is 99.0 cm³/mol. The second-order valence-corrected chi connectivity index (χ2v) is 11.2. The molecule has 1 rings (SSSR count). The average molecular weight is 342 g/mol. The van der Waals surface area contributed by atoms with E-state index >= 15 is 0 Å². The molecule has 1 aromatic rings. The van der Waals surface area contributed by atoms with Crippen LogP contribution in [0, 0.1) is 0 Å². The summed E-state index contributed by atoms with van der Waals surface area (Å²) in [4.78, 5) is 2.48. The molecule has 0 aliphatic carbocycles. The SMILES string of the molecule is CCOC(OCC)c1ccc([Si](C)(C)CCCN(CC)CC)o1. The van der Waals surface area contributed by atoms with E-state index in [0.29, 0.717) is 13.2 Å². The van der Waals surface area contributed by atoms with Crippen LogP contribution in [0.4, 0.5) is 0 Å². The lowest BCUT2D eigenvalue weighted by Crippen LogP contribution is -2.41. The predicted octanol–water partition coefficient (Wildman–Crippen LogP) is 4.00. The molecule has 0 radical (unpaired) electrons. The monoisotopic (exact) mass is 341 g/mol. The van der Waals surface area contributed by atoms with Crippen LogP contribution in [0.1, 0.15) is 46.2 Å². The highest BCUT2D eigenvalue weighted by molar-refractivity contribution is 6.88. The summed E-state index contributed by atoms with van der Waals surface area (Å²) in [5.41, 5.74) is 0. The minimum atomic E-state index is -1.55. The van der Waals surface area contributed by atoms with E-state index in [1.807, 2.05) is 19.9 Å². The Morgan fingerprint density at radius 1 is 1.04 bits per heavy atom. The number of ether oxygens (including phenoxy) is 2. The zero-order valence-corrected chi connectivity index (χ0v) is 16.9. The van der Waals surface area contributed by atoms with E-state index in [0.717, 1.165) is 24.2 Å². The summed E-state index contributed by atoms with van der Waals surface area (Å²) in [7, 11) is -1.55. The fraction of sp³-hybridized carbons (Fsp3) is 0.778. The van der Waals surface area contributed by atoms with Crippen molar-refractivity contribution in [3.05, 3.63) is 17.9 Å². The van der Waals surface area contributed by atoms with Crippen molar-refractivity contribution in [2.75, 3.05) is 32.8 Å². The zero-order chi connectivity index (χ0) is 17.3. The first-order valence-corrected chi connectivity index (χ1v) is 12.2. The van der Waals surface area contributed by atoms with E-state index in [-0.39, 0.29) is 6.29 Å². The smallest absolute Gasteiger partial charge is 0.217 e. The van der Waals surface area contributed by atoms with E-state index in [9.17, 15) is 0 Å². The minimum Gasteiger partial charge on any atom is -0.466 e. The van der Waals surface area contributed by atoms with Crippen LogP contribution in [0.3, 0.4) is 0 Å². The number of furan rings is 1. The summed E-state index contributed by atoms with van der Waals surface area (Å²) < 4.78 is 17.4. The first kappa shape index (κ1) is 20.4. The highest BCUT2D eigenvalue weighted by atomic mass is 28.3. The minimum absolute atomic E-state index is 0.376. The molecule has 0 unspecified atom stereocenters. The summed E-state index contributed by atoms with van der Waals surface area (Å²) in [6, 6.07) is 5.39. The normalized spacial score (nSPS) is 12.5. The molecule has 0 aliphatic heterocycles. The van der Waals surface area contributed by atoms with Crippen molar-refractivity contribution in [1.82, 2.24) is 4.90 Å². The van der Waals surface area contributed by atoms with E-state index in [4.69, 9.17) is 13.9 Å². The molecule has 0 amide bonds. The molecule has 0 fully saturated rings. The Balaban J connectivity index is 2.66. The van der Waals surface area contributed by atoms with Crippen LogP contribution in [-0.2, 0) is 9.47 Å². The summed E-state index contributed by atoms with van der Waals surface area (Å²) in [6.45, 7) is 17.8. The van der Waals surface area contributed by atoms with Crippen molar-refractivity contribution < 1.29 is 13.9 Å². The molecule has 0 N–H and O–H groups in total. The third-order valence-corrected chi connectivity index (χ3v) is 7.54. The maximum absolute atomic E-state index is 6.12. The third kappa shape index (κ3) is 6.41. The fourth-order valence-corrected chi connectivity index (χ4v) is 4.98. The van der Waals surface area contributed by atoms with Crippen LogP contribution >= 0.6 is 0 Å².